The summed E-state index contributed by atoms with van der Waals surface area (Å²) in [6, 6.07) is 6.07. The summed E-state index contributed by atoms with van der Waals surface area (Å²) in [5, 5.41) is 4.72. The van der Waals surface area contributed by atoms with Crippen molar-refractivity contribution in [3.05, 3.63) is 53.9 Å². The molecule has 9 nitrogen and oxygen atoms in total. The van der Waals surface area contributed by atoms with Crippen molar-refractivity contribution < 1.29 is 27.9 Å². The maximum atomic E-state index is 15.1. The Balaban J connectivity index is 1.41. The molecule has 0 bridgehead atoms. The lowest BCUT2D eigenvalue weighted by Crippen LogP contribution is -2.34. The number of benzene rings is 1. The van der Waals surface area contributed by atoms with Crippen LogP contribution in [0.1, 0.15) is 5.56 Å². The van der Waals surface area contributed by atoms with Crippen LogP contribution in [0.15, 0.2) is 36.7 Å². The topological polar surface area (TPSA) is 79.4 Å². The van der Waals surface area contributed by atoms with E-state index in [0.717, 1.165) is 17.7 Å². The summed E-state index contributed by atoms with van der Waals surface area (Å²) in [6.45, 7) is 2.28. The number of hydrogen-bond donors (Lipinski definition) is 1. The van der Waals surface area contributed by atoms with Crippen molar-refractivity contribution in [1.82, 2.24) is 15.4 Å². The number of carbonyl (C=O) groups is 1. The number of pyridine rings is 1. The van der Waals surface area contributed by atoms with Gasteiger partial charge in [-0.1, -0.05) is 6.07 Å². The zero-order valence-corrected chi connectivity index (χ0v) is 19.4. The van der Waals surface area contributed by atoms with E-state index in [0.29, 0.717) is 26.2 Å². The number of aromatic nitrogens is 1. The molecule has 0 unspecified atom stereocenters. The zero-order valence-electron chi connectivity index (χ0n) is 18.6. The van der Waals surface area contributed by atoms with Crippen LogP contribution >= 0.6 is 12.2 Å². The molecule has 34 heavy (non-hydrogen) atoms. The van der Waals surface area contributed by atoms with Gasteiger partial charge >= 0.3 is 6.09 Å². The number of halogens is 2. The van der Waals surface area contributed by atoms with Crippen LogP contribution in [0.5, 0.6) is 0 Å². The molecule has 2 saturated heterocycles. The van der Waals surface area contributed by atoms with E-state index < -0.39 is 23.8 Å². The van der Waals surface area contributed by atoms with E-state index in [-0.39, 0.29) is 36.2 Å². The highest BCUT2D eigenvalue weighted by Gasteiger charge is 2.34. The van der Waals surface area contributed by atoms with Crippen molar-refractivity contribution in [2.24, 2.45) is 0 Å². The molecule has 4 rings (SSSR count). The lowest BCUT2D eigenvalue weighted by Gasteiger charge is -2.24. The molecule has 2 aliphatic heterocycles. The number of thiocarbonyl (C=S) groups is 1. The fourth-order valence-corrected chi connectivity index (χ4v) is 3.93. The Kier molecular flexibility index (Phi) is 7.70. The van der Waals surface area contributed by atoms with Crippen LogP contribution < -0.4 is 15.1 Å². The predicted octanol–water partition coefficient (Wildman–Crippen LogP) is 2.46. The molecule has 1 amide bonds. The first kappa shape index (κ1) is 24.0. The molecule has 1 atom stereocenters. The Morgan fingerprint density at radius 2 is 2.09 bits per heavy atom. The summed E-state index contributed by atoms with van der Waals surface area (Å²) < 4.78 is 40.3. The van der Waals surface area contributed by atoms with Gasteiger partial charge in [0.15, 0.2) is 11.6 Å². The monoisotopic (exact) mass is 493 g/mol. The van der Waals surface area contributed by atoms with Gasteiger partial charge in [0.25, 0.3) is 5.17 Å². The van der Waals surface area contributed by atoms with Gasteiger partial charge in [0.05, 0.1) is 39.0 Å². The number of hydrogen-bond acceptors (Lipinski definition) is 8. The largest absolute Gasteiger partial charge is 0.474 e. The molecular formula is C22H25F2N5O4S. The Bertz CT molecular complexity index is 1010. The number of anilines is 2. The van der Waals surface area contributed by atoms with Crippen molar-refractivity contribution in [2.75, 3.05) is 56.2 Å². The molecule has 3 heterocycles. The number of rotatable bonds is 6. The first-order valence-electron chi connectivity index (χ1n) is 10.8. The normalized spacial score (nSPS) is 19.0. The van der Waals surface area contributed by atoms with E-state index >= 15 is 8.78 Å². The highest BCUT2D eigenvalue weighted by atomic mass is 32.1. The van der Waals surface area contributed by atoms with Gasteiger partial charge in [0.1, 0.15) is 11.8 Å². The summed E-state index contributed by atoms with van der Waals surface area (Å²) in [4.78, 5) is 24.9. The Hall–Kier alpha value is -3.09. The summed E-state index contributed by atoms with van der Waals surface area (Å²) in [7, 11) is 1.42. The highest BCUT2D eigenvalue weighted by Crippen LogP contribution is 2.31. The second kappa shape index (κ2) is 10.9. The molecule has 1 N–H and O–H groups in total. The summed E-state index contributed by atoms with van der Waals surface area (Å²) >= 11 is 4.90. The Labute approximate surface area is 201 Å². The summed E-state index contributed by atoms with van der Waals surface area (Å²) in [5.74, 6) is -1.52. The number of amides is 1. The standard InChI is InChI=1S/C22H25F2N5O4S/c1-31-21(34)26-12-17-14-29(22(30)33-17)16-9-18(23)20(19(24)10-16)27-5-6-28(32-8-7-27)13-15-3-2-4-25-11-15/h2-4,9-11,17H,5-8,12-14H2,1H3,(H,26,34)/t17-/m0/s1. The number of carbonyl (C=O) groups excluding carboxylic acids is 1. The van der Waals surface area contributed by atoms with Gasteiger partial charge in [-0.05, 0) is 23.8 Å². The molecule has 1 aromatic heterocycles. The Morgan fingerprint density at radius 1 is 1.29 bits per heavy atom. The highest BCUT2D eigenvalue weighted by molar-refractivity contribution is 7.80. The number of hydroxylamine groups is 2. The van der Waals surface area contributed by atoms with Gasteiger partial charge in [-0.2, -0.15) is 5.06 Å². The van der Waals surface area contributed by atoms with Crippen LogP contribution in [0.4, 0.5) is 25.0 Å². The number of ether oxygens (including phenoxy) is 2. The average Bonchev–Trinajstić information content (AvgIpc) is 3.05. The molecule has 0 spiro atoms. The smallest absolute Gasteiger partial charge is 0.414 e. The SMILES string of the molecule is COC(=S)NC[C@H]1CN(c2cc(F)c(N3CCON(Cc4cccnc4)CC3)c(F)c2)C(=O)O1. The minimum Gasteiger partial charge on any atom is -0.474 e. The fourth-order valence-electron chi connectivity index (χ4n) is 3.85. The summed E-state index contributed by atoms with van der Waals surface area (Å²) in [5.41, 5.74) is 0.921. The molecule has 12 heteroatoms. The van der Waals surface area contributed by atoms with Crippen molar-refractivity contribution >= 4 is 34.9 Å². The van der Waals surface area contributed by atoms with Crippen LogP contribution in [0.2, 0.25) is 0 Å². The molecule has 0 aliphatic carbocycles. The van der Waals surface area contributed by atoms with E-state index in [4.69, 9.17) is 26.5 Å². The number of cyclic esters (lactones) is 1. The third kappa shape index (κ3) is 5.69. The van der Waals surface area contributed by atoms with E-state index in [1.807, 2.05) is 12.1 Å². The van der Waals surface area contributed by atoms with Gasteiger partial charge in [0.2, 0.25) is 0 Å². The second-order valence-electron chi connectivity index (χ2n) is 7.79. The molecule has 2 aromatic rings. The van der Waals surface area contributed by atoms with Crippen LogP contribution in [-0.4, -0.2) is 73.9 Å². The first-order valence-corrected chi connectivity index (χ1v) is 11.2. The van der Waals surface area contributed by atoms with Gasteiger partial charge < -0.3 is 19.7 Å². The van der Waals surface area contributed by atoms with Crippen molar-refractivity contribution in [2.45, 2.75) is 12.6 Å². The third-order valence-electron chi connectivity index (χ3n) is 5.50. The fraction of sp³-hybridized carbons (Fsp3) is 0.409. The van der Waals surface area contributed by atoms with Crippen molar-refractivity contribution in [1.29, 1.82) is 0 Å². The number of nitrogens with one attached hydrogen (secondary N) is 1. The Morgan fingerprint density at radius 3 is 2.79 bits per heavy atom. The van der Waals surface area contributed by atoms with E-state index in [1.165, 1.54) is 12.0 Å². The van der Waals surface area contributed by atoms with Crippen molar-refractivity contribution in [3.8, 4) is 0 Å². The average molecular weight is 494 g/mol. The second-order valence-corrected chi connectivity index (χ2v) is 8.16. The quantitative estimate of drug-likeness (QED) is 0.611. The minimum atomic E-state index is -0.759. The molecule has 182 valence electrons. The minimum absolute atomic E-state index is 0.0878. The van der Waals surface area contributed by atoms with Crippen LogP contribution in [-0.2, 0) is 20.9 Å². The maximum Gasteiger partial charge on any atom is 0.414 e. The lowest BCUT2D eigenvalue weighted by atomic mass is 10.2. The van der Waals surface area contributed by atoms with E-state index in [9.17, 15) is 4.79 Å². The first-order chi connectivity index (χ1) is 16.4. The number of methoxy groups -OCH3 is 1. The third-order valence-corrected chi connectivity index (χ3v) is 5.81. The molecule has 2 aliphatic rings. The summed E-state index contributed by atoms with van der Waals surface area (Å²) in [6.07, 6.45) is 2.22. The van der Waals surface area contributed by atoms with Gasteiger partial charge in [-0.3, -0.25) is 14.7 Å². The predicted molar refractivity (Wildman–Crippen MR) is 124 cm³/mol. The zero-order chi connectivity index (χ0) is 24.1. The van der Waals surface area contributed by atoms with Crippen molar-refractivity contribution in [3.63, 3.8) is 0 Å². The maximum absolute atomic E-state index is 15.1. The molecule has 0 radical (unpaired) electrons. The number of nitrogens with zero attached hydrogens (tertiary/aromatic N) is 4. The molecular weight excluding hydrogens is 468 g/mol. The lowest BCUT2D eigenvalue weighted by molar-refractivity contribution is -0.154. The molecule has 0 saturated carbocycles. The molecule has 2 fully saturated rings. The van der Waals surface area contributed by atoms with Gasteiger partial charge in [0, 0.05) is 44.2 Å². The van der Waals surface area contributed by atoms with Crippen LogP contribution in [0.3, 0.4) is 0 Å². The van der Waals surface area contributed by atoms with Gasteiger partial charge in [-0.25, -0.2) is 13.6 Å². The van der Waals surface area contributed by atoms with E-state index in [2.05, 4.69) is 10.3 Å². The molecule has 1 aromatic carbocycles. The van der Waals surface area contributed by atoms with Gasteiger partial charge in [-0.15, -0.1) is 0 Å². The van der Waals surface area contributed by atoms with Crippen LogP contribution in [0, 0.1) is 11.6 Å². The van der Waals surface area contributed by atoms with Crippen LogP contribution in [0.25, 0.3) is 0 Å². The van der Waals surface area contributed by atoms with E-state index in [1.54, 1.807) is 22.4 Å².